The first kappa shape index (κ1) is 9.39. The van der Waals surface area contributed by atoms with Crippen molar-refractivity contribution in [3.05, 3.63) is 30.2 Å². The minimum Gasteiger partial charge on any atom is -0.478 e. The van der Waals surface area contributed by atoms with E-state index in [-0.39, 0.29) is 0 Å². The molecule has 4 nitrogen and oxygen atoms in total. The first-order valence-corrected chi connectivity index (χ1v) is 5.42. The maximum atomic E-state index is 11.1. The number of carbonyl (C=O) groups is 1. The number of carboxylic acid groups (broad SMARTS) is 1. The van der Waals surface area contributed by atoms with Crippen molar-refractivity contribution in [2.45, 2.75) is 19.4 Å². The summed E-state index contributed by atoms with van der Waals surface area (Å²) in [5, 5.41) is 9.84. The van der Waals surface area contributed by atoms with E-state index < -0.39 is 5.97 Å². The van der Waals surface area contributed by atoms with Gasteiger partial charge in [0.1, 0.15) is 0 Å². The fourth-order valence-electron chi connectivity index (χ4n) is 2.04. The van der Waals surface area contributed by atoms with Crippen LogP contribution in [-0.2, 0) is 6.54 Å². The number of hydrogen-bond acceptors (Lipinski definition) is 2. The molecular weight excluding hydrogens is 204 g/mol. The summed E-state index contributed by atoms with van der Waals surface area (Å²) in [6.45, 7) is 0.924. The first-order valence-electron chi connectivity index (χ1n) is 5.42. The molecule has 4 heteroatoms. The lowest BCUT2D eigenvalue weighted by Gasteiger charge is -2.02. The molecule has 0 bridgehead atoms. The molecule has 1 aliphatic carbocycles. The highest BCUT2D eigenvalue weighted by Gasteiger charge is 2.23. The number of carboxylic acids is 1. The van der Waals surface area contributed by atoms with Crippen molar-refractivity contribution < 1.29 is 9.90 Å². The van der Waals surface area contributed by atoms with Gasteiger partial charge in [-0.1, -0.05) is 0 Å². The molecular formula is C12H12N2O2. The van der Waals surface area contributed by atoms with Crippen LogP contribution >= 0.6 is 0 Å². The molecule has 0 aromatic carbocycles. The van der Waals surface area contributed by atoms with Gasteiger partial charge in [0.15, 0.2) is 0 Å². The predicted octanol–water partition coefficient (Wildman–Crippen LogP) is 2.14. The summed E-state index contributed by atoms with van der Waals surface area (Å²) in [6.07, 6.45) is 7.58. The van der Waals surface area contributed by atoms with Crippen molar-refractivity contribution >= 4 is 16.9 Å². The third-order valence-electron chi connectivity index (χ3n) is 3.06. The number of fused-ring (bicyclic) bond motifs is 1. The molecule has 0 saturated heterocycles. The van der Waals surface area contributed by atoms with E-state index in [2.05, 4.69) is 4.98 Å². The van der Waals surface area contributed by atoms with Gasteiger partial charge >= 0.3 is 5.97 Å². The quantitative estimate of drug-likeness (QED) is 0.855. The summed E-state index contributed by atoms with van der Waals surface area (Å²) in [4.78, 5) is 15.1. The zero-order valence-electron chi connectivity index (χ0n) is 8.76. The van der Waals surface area contributed by atoms with Gasteiger partial charge < -0.3 is 9.67 Å². The summed E-state index contributed by atoms with van der Waals surface area (Å²) in [5.41, 5.74) is 1.32. The van der Waals surface area contributed by atoms with Gasteiger partial charge in [0.05, 0.1) is 11.1 Å². The Morgan fingerprint density at radius 2 is 2.38 bits per heavy atom. The standard InChI is InChI=1S/C12H12N2O2/c15-12(16)10-7-14(6-8-1-2-8)11-3-4-13-5-9(10)11/h3-5,7-8H,1-2,6H2,(H,15,16). The van der Waals surface area contributed by atoms with Gasteiger partial charge in [-0.3, -0.25) is 4.98 Å². The Bertz CT molecular complexity index is 555. The van der Waals surface area contributed by atoms with E-state index in [1.807, 2.05) is 10.6 Å². The smallest absolute Gasteiger partial charge is 0.337 e. The van der Waals surface area contributed by atoms with Crippen LogP contribution in [-0.4, -0.2) is 20.6 Å². The minimum atomic E-state index is -0.882. The topological polar surface area (TPSA) is 55.1 Å². The number of rotatable bonds is 3. The zero-order chi connectivity index (χ0) is 11.1. The molecule has 2 heterocycles. The molecule has 0 aliphatic heterocycles. The van der Waals surface area contributed by atoms with Crippen molar-refractivity contribution in [1.29, 1.82) is 0 Å². The second-order valence-corrected chi connectivity index (χ2v) is 4.34. The first-order chi connectivity index (χ1) is 7.75. The molecule has 2 aromatic heterocycles. The molecule has 82 valence electrons. The molecule has 0 atom stereocenters. The highest BCUT2D eigenvalue weighted by Crippen LogP contribution is 2.32. The van der Waals surface area contributed by atoms with Crippen LogP contribution in [0, 0.1) is 5.92 Å². The van der Waals surface area contributed by atoms with Crippen LogP contribution in [0.1, 0.15) is 23.2 Å². The van der Waals surface area contributed by atoms with Crippen molar-refractivity contribution in [1.82, 2.24) is 9.55 Å². The minimum absolute atomic E-state index is 0.351. The fourth-order valence-corrected chi connectivity index (χ4v) is 2.04. The monoisotopic (exact) mass is 216 g/mol. The normalized spacial score (nSPS) is 15.5. The Kier molecular flexibility index (Phi) is 1.96. The Morgan fingerprint density at radius 1 is 1.56 bits per heavy atom. The Morgan fingerprint density at radius 3 is 3.06 bits per heavy atom. The van der Waals surface area contributed by atoms with Gasteiger partial charge in [-0.25, -0.2) is 4.79 Å². The van der Waals surface area contributed by atoms with Crippen LogP contribution in [0.15, 0.2) is 24.7 Å². The highest BCUT2D eigenvalue weighted by molar-refractivity contribution is 6.03. The zero-order valence-corrected chi connectivity index (χ0v) is 8.76. The lowest BCUT2D eigenvalue weighted by molar-refractivity contribution is 0.0698. The van der Waals surface area contributed by atoms with E-state index in [0.29, 0.717) is 5.56 Å². The molecule has 1 N–H and O–H groups in total. The van der Waals surface area contributed by atoms with Crippen LogP contribution in [0.2, 0.25) is 0 Å². The van der Waals surface area contributed by atoms with E-state index >= 15 is 0 Å². The largest absolute Gasteiger partial charge is 0.478 e. The maximum absolute atomic E-state index is 11.1. The number of nitrogens with zero attached hydrogens (tertiary/aromatic N) is 2. The van der Waals surface area contributed by atoms with Crippen molar-refractivity contribution in [3.8, 4) is 0 Å². The fraction of sp³-hybridized carbons (Fsp3) is 0.333. The molecule has 1 aliphatic rings. The van der Waals surface area contributed by atoms with Crippen molar-refractivity contribution in [3.63, 3.8) is 0 Å². The Hall–Kier alpha value is -1.84. The average molecular weight is 216 g/mol. The van der Waals surface area contributed by atoms with Crippen LogP contribution in [0.3, 0.4) is 0 Å². The number of hydrogen-bond donors (Lipinski definition) is 1. The molecule has 1 saturated carbocycles. The second kappa shape index (κ2) is 3.33. The van der Waals surface area contributed by atoms with Crippen LogP contribution in [0.5, 0.6) is 0 Å². The summed E-state index contributed by atoms with van der Waals surface area (Å²) >= 11 is 0. The van der Waals surface area contributed by atoms with Gasteiger partial charge in [-0.15, -0.1) is 0 Å². The third kappa shape index (κ3) is 1.46. The third-order valence-corrected chi connectivity index (χ3v) is 3.06. The number of pyridine rings is 1. The van der Waals surface area contributed by atoms with Gasteiger partial charge in [0.2, 0.25) is 0 Å². The molecule has 0 amide bonds. The lowest BCUT2D eigenvalue weighted by atomic mass is 10.2. The molecule has 2 aromatic rings. The van der Waals surface area contributed by atoms with E-state index in [1.165, 1.54) is 12.8 Å². The molecule has 16 heavy (non-hydrogen) atoms. The molecule has 0 unspecified atom stereocenters. The van der Waals surface area contributed by atoms with E-state index in [0.717, 1.165) is 23.4 Å². The van der Waals surface area contributed by atoms with Crippen LogP contribution < -0.4 is 0 Å². The van der Waals surface area contributed by atoms with Crippen LogP contribution in [0.4, 0.5) is 0 Å². The summed E-state index contributed by atoms with van der Waals surface area (Å²) < 4.78 is 2.04. The van der Waals surface area contributed by atoms with E-state index in [9.17, 15) is 4.79 Å². The van der Waals surface area contributed by atoms with Crippen LogP contribution in [0.25, 0.3) is 10.9 Å². The van der Waals surface area contributed by atoms with Gasteiger partial charge in [0, 0.05) is 30.5 Å². The average Bonchev–Trinajstić information content (AvgIpc) is 3.00. The van der Waals surface area contributed by atoms with E-state index in [4.69, 9.17) is 5.11 Å². The predicted molar refractivity (Wildman–Crippen MR) is 59.4 cm³/mol. The SMILES string of the molecule is O=C(O)c1cn(CC2CC2)c2ccncc12. The Balaban J connectivity index is 2.15. The van der Waals surface area contributed by atoms with Gasteiger partial charge in [-0.2, -0.15) is 0 Å². The molecule has 3 rings (SSSR count). The number of aromatic nitrogens is 2. The Labute approximate surface area is 92.5 Å². The molecule has 0 spiro atoms. The maximum Gasteiger partial charge on any atom is 0.337 e. The lowest BCUT2D eigenvalue weighted by Crippen LogP contribution is -1.98. The van der Waals surface area contributed by atoms with Gasteiger partial charge in [-0.05, 0) is 24.8 Å². The molecule has 0 radical (unpaired) electrons. The van der Waals surface area contributed by atoms with Gasteiger partial charge in [0.25, 0.3) is 0 Å². The van der Waals surface area contributed by atoms with Crippen molar-refractivity contribution in [2.24, 2.45) is 5.92 Å². The summed E-state index contributed by atoms with van der Waals surface area (Å²) in [6, 6.07) is 1.88. The number of aromatic carboxylic acids is 1. The summed E-state index contributed by atoms with van der Waals surface area (Å²) in [7, 11) is 0. The highest BCUT2D eigenvalue weighted by atomic mass is 16.4. The second-order valence-electron chi connectivity index (χ2n) is 4.34. The van der Waals surface area contributed by atoms with E-state index in [1.54, 1.807) is 18.6 Å². The van der Waals surface area contributed by atoms with Crippen molar-refractivity contribution in [2.75, 3.05) is 0 Å². The molecule has 1 fully saturated rings. The summed E-state index contributed by atoms with van der Waals surface area (Å²) in [5.74, 6) is -0.155.